The van der Waals surface area contributed by atoms with Gasteiger partial charge in [0, 0.05) is 16.8 Å². The van der Waals surface area contributed by atoms with Gasteiger partial charge in [-0.15, -0.1) is 0 Å². The highest BCUT2D eigenvalue weighted by molar-refractivity contribution is 6.12. The number of esters is 1. The van der Waals surface area contributed by atoms with Crippen LogP contribution in [0.5, 0.6) is 0 Å². The fourth-order valence-electron chi connectivity index (χ4n) is 2.00. The largest absolute Gasteiger partial charge is 0.478 e. The quantitative estimate of drug-likeness (QED) is 0.508. The fourth-order valence-corrected chi connectivity index (χ4v) is 2.00. The molecule has 2 aromatic rings. The van der Waals surface area contributed by atoms with Gasteiger partial charge in [-0.25, -0.2) is 9.59 Å². The number of nitrogens with two attached hydrogens (primary N) is 1. The van der Waals surface area contributed by atoms with Gasteiger partial charge in [0.2, 0.25) is 0 Å². The van der Waals surface area contributed by atoms with Crippen LogP contribution in [0.1, 0.15) is 36.6 Å². The molecule has 0 aliphatic carbocycles. The molecule has 0 aromatic heterocycles. The smallest absolute Gasteiger partial charge is 0.338 e. The van der Waals surface area contributed by atoms with E-state index < -0.39 is 11.9 Å². The molecule has 0 bridgehead atoms. The van der Waals surface area contributed by atoms with Gasteiger partial charge < -0.3 is 15.6 Å². The Morgan fingerprint density at radius 1 is 1.00 bits per heavy atom. The number of carbonyl (C=O) groups excluding carboxylic acids is 2. The lowest BCUT2D eigenvalue weighted by molar-refractivity contribution is 0.0582. The van der Waals surface area contributed by atoms with E-state index in [2.05, 4.69) is 4.74 Å². The van der Waals surface area contributed by atoms with E-state index in [9.17, 15) is 14.4 Å². The second kappa shape index (κ2) is 6.09. The zero-order valence-electron chi connectivity index (χ0n) is 11.7. The van der Waals surface area contributed by atoms with Crippen molar-refractivity contribution in [1.29, 1.82) is 0 Å². The van der Waals surface area contributed by atoms with Crippen LogP contribution in [-0.4, -0.2) is 29.9 Å². The zero-order chi connectivity index (χ0) is 16.3. The number of methoxy groups -OCH3 is 1. The molecule has 6 heteroatoms. The van der Waals surface area contributed by atoms with E-state index in [1.165, 1.54) is 24.3 Å². The summed E-state index contributed by atoms with van der Waals surface area (Å²) in [5.74, 6) is -2.46. The molecule has 0 fully saturated rings. The third kappa shape index (κ3) is 2.95. The van der Waals surface area contributed by atoms with Crippen molar-refractivity contribution in [2.24, 2.45) is 0 Å². The Balaban J connectivity index is 2.50. The van der Waals surface area contributed by atoms with E-state index in [-0.39, 0.29) is 22.5 Å². The van der Waals surface area contributed by atoms with Crippen LogP contribution < -0.4 is 5.73 Å². The third-order valence-corrected chi connectivity index (χ3v) is 3.07. The van der Waals surface area contributed by atoms with Crippen LogP contribution in [0, 0.1) is 0 Å². The van der Waals surface area contributed by atoms with Crippen molar-refractivity contribution in [2.45, 2.75) is 0 Å². The molecule has 0 aliphatic rings. The maximum absolute atomic E-state index is 12.4. The van der Waals surface area contributed by atoms with Crippen molar-refractivity contribution >= 4 is 23.4 Å². The van der Waals surface area contributed by atoms with Crippen molar-refractivity contribution in [1.82, 2.24) is 0 Å². The summed E-state index contributed by atoms with van der Waals surface area (Å²) in [6.07, 6.45) is 0. The Morgan fingerprint density at radius 2 is 1.68 bits per heavy atom. The minimum atomic E-state index is -1.27. The third-order valence-electron chi connectivity index (χ3n) is 3.07. The lowest BCUT2D eigenvalue weighted by Crippen LogP contribution is -2.12. The summed E-state index contributed by atoms with van der Waals surface area (Å²) < 4.78 is 4.55. The van der Waals surface area contributed by atoms with Crippen LogP contribution in [0.4, 0.5) is 5.69 Å². The number of aromatic carboxylic acids is 1. The second-order valence-electron chi connectivity index (χ2n) is 4.51. The Labute approximate surface area is 126 Å². The topological polar surface area (TPSA) is 107 Å². The highest BCUT2D eigenvalue weighted by atomic mass is 16.5. The second-order valence-corrected chi connectivity index (χ2v) is 4.51. The van der Waals surface area contributed by atoms with Gasteiger partial charge in [0.15, 0.2) is 5.78 Å². The molecule has 0 unspecified atom stereocenters. The first kappa shape index (κ1) is 15.2. The number of carboxylic acids is 1. The highest BCUT2D eigenvalue weighted by Crippen LogP contribution is 2.18. The van der Waals surface area contributed by atoms with Crippen molar-refractivity contribution in [3.63, 3.8) is 0 Å². The van der Waals surface area contributed by atoms with Crippen molar-refractivity contribution in [3.8, 4) is 0 Å². The number of rotatable bonds is 4. The molecule has 0 saturated carbocycles. The molecular formula is C16H13NO5. The number of hydrogen-bond donors (Lipinski definition) is 2. The number of ether oxygens (including phenoxy) is 1. The summed E-state index contributed by atoms with van der Waals surface area (Å²) in [6.45, 7) is 0. The van der Waals surface area contributed by atoms with E-state index in [4.69, 9.17) is 10.8 Å². The van der Waals surface area contributed by atoms with Crippen molar-refractivity contribution in [3.05, 3.63) is 64.7 Å². The maximum atomic E-state index is 12.4. The van der Waals surface area contributed by atoms with Gasteiger partial charge in [0.05, 0.1) is 18.2 Å². The highest BCUT2D eigenvalue weighted by Gasteiger charge is 2.20. The van der Waals surface area contributed by atoms with Gasteiger partial charge in [-0.2, -0.15) is 0 Å². The molecule has 0 aliphatic heterocycles. The van der Waals surface area contributed by atoms with Crippen LogP contribution in [0.25, 0.3) is 0 Å². The molecule has 0 radical (unpaired) electrons. The Morgan fingerprint density at radius 3 is 2.27 bits per heavy atom. The number of nitrogen functional groups attached to an aromatic ring is 1. The Hall–Kier alpha value is -3.15. The number of carboxylic acid groups (broad SMARTS) is 1. The summed E-state index contributed by atoms with van der Waals surface area (Å²) in [6, 6.07) is 10.1. The molecule has 112 valence electrons. The number of hydrogen-bond acceptors (Lipinski definition) is 5. The van der Waals surface area contributed by atoms with Crippen LogP contribution >= 0.6 is 0 Å². The first-order valence-corrected chi connectivity index (χ1v) is 6.30. The average Bonchev–Trinajstić information content (AvgIpc) is 2.52. The van der Waals surface area contributed by atoms with Crippen LogP contribution in [0.2, 0.25) is 0 Å². The lowest BCUT2D eigenvalue weighted by Gasteiger charge is -2.07. The molecule has 0 atom stereocenters. The SMILES string of the molecule is COC(=O)c1cc(C(=O)c2cccc(N)c2)ccc1C(=O)O. The average molecular weight is 299 g/mol. The van der Waals surface area contributed by atoms with Gasteiger partial charge in [0.25, 0.3) is 0 Å². The molecule has 0 heterocycles. The molecule has 3 N–H and O–H groups in total. The zero-order valence-corrected chi connectivity index (χ0v) is 11.7. The first-order valence-electron chi connectivity index (χ1n) is 6.30. The van der Waals surface area contributed by atoms with Gasteiger partial charge in [-0.3, -0.25) is 4.79 Å². The predicted octanol–water partition coefficient (Wildman–Crippen LogP) is 1.98. The van der Waals surface area contributed by atoms with Gasteiger partial charge in [0.1, 0.15) is 0 Å². The predicted molar refractivity (Wildman–Crippen MR) is 79.0 cm³/mol. The van der Waals surface area contributed by atoms with E-state index in [0.29, 0.717) is 11.3 Å². The van der Waals surface area contributed by atoms with Crippen molar-refractivity contribution in [2.75, 3.05) is 12.8 Å². The van der Waals surface area contributed by atoms with Gasteiger partial charge in [-0.05, 0) is 24.3 Å². The van der Waals surface area contributed by atoms with Gasteiger partial charge >= 0.3 is 11.9 Å². The summed E-state index contributed by atoms with van der Waals surface area (Å²) in [5, 5.41) is 9.08. The summed E-state index contributed by atoms with van der Waals surface area (Å²) in [7, 11) is 1.14. The maximum Gasteiger partial charge on any atom is 0.338 e. The van der Waals surface area contributed by atoms with Crippen LogP contribution in [0.15, 0.2) is 42.5 Å². The molecule has 0 spiro atoms. The molecule has 0 amide bonds. The molecular weight excluding hydrogens is 286 g/mol. The molecule has 6 nitrogen and oxygen atoms in total. The standard InChI is InChI=1S/C16H13NO5/c1-22-16(21)13-8-10(5-6-12(13)15(19)20)14(18)9-3-2-4-11(17)7-9/h2-8H,17H2,1H3,(H,19,20). The summed E-state index contributed by atoms with van der Waals surface area (Å²) >= 11 is 0. The van der Waals surface area contributed by atoms with E-state index >= 15 is 0 Å². The summed E-state index contributed by atoms with van der Waals surface area (Å²) in [4.78, 5) is 35.2. The fraction of sp³-hybridized carbons (Fsp3) is 0.0625. The minimum absolute atomic E-state index is 0.176. The van der Waals surface area contributed by atoms with Crippen LogP contribution in [0.3, 0.4) is 0 Å². The molecule has 0 saturated heterocycles. The first-order chi connectivity index (χ1) is 10.4. The van der Waals surface area contributed by atoms with E-state index in [1.54, 1.807) is 18.2 Å². The molecule has 2 aromatic carbocycles. The van der Waals surface area contributed by atoms with E-state index in [1.807, 2.05) is 0 Å². The number of benzene rings is 2. The normalized spacial score (nSPS) is 10.0. The monoisotopic (exact) mass is 299 g/mol. The minimum Gasteiger partial charge on any atom is -0.478 e. The van der Waals surface area contributed by atoms with Gasteiger partial charge in [-0.1, -0.05) is 18.2 Å². The molecule has 22 heavy (non-hydrogen) atoms. The lowest BCUT2D eigenvalue weighted by atomic mass is 9.98. The van der Waals surface area contributed by atoms with Crippen LogP contribution in [-0.2, 0) is 4.74 Å². The Bertz CT molecular complexity index is 767. The summed E-state index contributed by atoms with van der Waals surface area (Å²) in [5.41, 5.74) is 6.19. The van der Waals surface area contributed by atoms with Crippen molar-refractivity contribution < 1.29 is 24.2 Å². The number of anilines is 1. The Kier molecular flexibility index (Phi) is 4.22. The number of carbonyl (C=O) groups is 3. The van der Waals surface area contributed by atoms with E-state index in [0.717, 1.165) is 7.11 Å². The number of ketones is 1. The molecule has 2 rings (SSSR count).